The lowest BCUT2D eigenvalue weighted by Crippen LogP contribution is -2.37. The van der Waals surface area contributed by atoms with Gasteiger partial charge in [-0.05, 0) is 57.1 Å². The Labute approximate surface area is 186 Å². The van der Waals surface area contributed by atoms with Gasteiger partial charge < -0.3 is 14.6 Å². The molecule has 1 aliphatic rings. The summed E-state index contributed by atoms with van der Waals surface area (Å²) >= 11 is 6.04. The molecule has 31 heavy (non-hydrogen) atoms. The van der Waals surface area contributed by atoms with Crippen LogP contribution in [0.5, 0.6) is 5.75 Å². The predicted octanol–water partition coefficient (Wildman–Crippen LogP) is 4.64. The van der Waals surface area contributed by atoms with Crippen LogP contribution in [0.25, 0.3) is 11.4 Å². The van der Waals surface area contributed by atoms with Gasteiger partial charge in [0.05, 0.1) is 18.8 Å². The summed E-state index contributed by atoms with van der Waals surface area (Å²) in [5, 5.41) is 7.71. The average molecular weight is 441 g/mol. The highest BCUT2D eigenvalue weighted by atomic mass is 35.5. The van der Waals surface area contributed by atoms with E-state index >= 15 is 0 Å². The molecule has 0 unspecified atom stereocenters. The molecule has 2 heterocycles. The van der Waals surface area contributed by atoms with Gasteiger partial charge >= 0.3 is 0 Å². The zero-order chi connectivity index (χ0) is 21.6. The summed E-state index contributed by atoms with van der Waals surface area (Å²) < 4.78 is 11.0. The van der Waals surface area contributed by atoms with Crippen LogP contribution >= 0.6 is 11.6 Å². The predicted molar refractivity (Wildman–Crippen MR) is 119 cm³/mol. The van der Waals surface area contributed by atoms with E-state index in [1.54, 1.807) is 0 Å². The van der Waals surface area contributed by atoms with Crippen molar-refractivity contribution < 1.29 is 14.1 Å². The van der Waals surface area contributed by atoms with E-state index in [9.17, 15) is 4.79 Å². The molecule has 3 aromatic rings. The van der Waals surface area contributed by atoms with Gasteiger partial charge in [-0.3, -0.25) is 9.69 Å². The number of rotatable bonds is 7. The van der Waals surface area contributed by atoms with E-state index in [4.69, 9.17) is 20.9 Å². The van der Waals surface area contributed by atoms with Gasteiger partial charge in [0, 0.05) is 16.5 Å². The average Bonchev–Trinajstić information content (AvgIpc) is 3.24. The van der Waals surface area contributed by atoms with Crippen LogP contribution in [0.1, 0.15) is 25.7 Å². The summed E-state index contributed by atoms with van der Waals surface area (Å²) in [5.41, 5.74) is 1.54. The van der Waals surface area contributed by atoms with Crippen molar-refractivity contribution in [2.45, 2.75) is 26.3 Å². The molecule has 4 rings (SSSR count). The minimum atomic E-state index is -0.0318. The number of piperidine rings is 1. The lowest BCUT2D eigenvalue weighted by molar-refractivity contribution is -0.121. The number of nitrogens with one attached hydrogen (secondary N) is 1. The number of likely N-dealkylation sites (tertiary alicyclic amines) is 1. The molecular formula is C23H25ClN4O3. The van der Waals surface area contributed by atoms with Crippen molar-refractivity contribution in [1.29, 1.82) is 0 Å². The fourth-order valence-electron chi connectivity index (χ4n) is 3.69. The largest absolute Gasteiger partial charge is 0.492 e. The SMILES string of the molecule is CCOc1ccccc1NC(=O)C1CCN(Cc2nc(-c3cccc(Cl)c3)no2)CC1. The molecule has 1 aliphatic heterocycles. The van der Waals surface area contributed by atoms with Gasteiger partial charge in [-0.2, -0.15) is 4.98 Å². The lowest BCUT2D eigenvalue weighted by Gasteiger charge is -2.30. The van der Waals surface area contributed by atoms with Crippen LogP contribution in [0.15, 0.2) is 53.1 Å². The van der Waals surface area contributed by atoms with Crippen LogP contribution < -0.4 is 10.1 Å². The molecule has 0 radical (unpaired) electrons. The number of carbonyl (C=O) groups is 1. The highest BCUT2D eigenvalue weighted by molar-refractivity contribution is 6.30. The molecular weight excluding hydrogens is 416 g/mol. The molecule has 0 spiro atoms. The molecule has 162 valence electrons. The van der Waals surface area contributed by atoms with Gasteiger partial charge in [-0.15, -0.1) is 0 Å². The molecule has 0 atom stereocenters. The van der Waals surface area contributed by atoms with Crippen LogP contribution in [0.4, 0.5) is 5.69 Å². The maximum absolute atomic E-state index is 12.7. The van der Waals surface area contributed by atoms with Crippen molar-refractivity contribution in [3.05, 3.63) is 59.4 Å². The molecule has 1 amide bonds. The van der Waals surface area contributed by atoms with Crippen molar-refractivity contribution in [2.75, 3.05) is 25.0 Å². The zero-order valence-electron chi connectivity index (χ0n) is 17.4. The highest BCUT2D eigenvalue weighted by Gasteiger charge is 2.26. The van der Waals surface area contributed by atoms with Crippen molar-refractivity contribution in [3.63, 3.8) is 0 Å². The summed E-state index contributed by atoms with van der Waals surface area (Å²) in [6, 6.07) is 14.9. The minimum Gasteiger partial charge on any atom is -0.492 e. The Kier molecular flexibility index (Phi) is 6.84. The Morgan fingerprint density at radius 1 is 1.23 bits per heavy atom. The van der Waals surface area contributed by atoms with Gasteiger partial charge in [-0.25, -0.2) is 0 Å². The second-order valence-corrected chi connectivity index (χ2v) is 7.93. The molecule has 1 N–H and O–H groups in total. The lowest BCUT2D eigenvalue weighted by atomic mass is 9.96. The fraction of sp³-hybridized carbons (Fsp3) is 0.348. The van der Waals surface area contributed by atoms with E-state index in [0.717, 1.165) is 37.2 Å². The van der Waals surface area contributed by atoms with E-state index in [1.165, 1.54) is 0 Å². The first-order valence-electron chi connectivity index (χ1n) is 10.5. The van der Waals surface area contributed by atoms with E-state index in [0.29, 0.717) is 35.6 Å². The number of nitrogens with zero attached hydrogens (tertiary/aromatic N) is 3. The van der Waals surface area contributed by atoms with Gasteiger partial charge in [0.15, 0.2) is 0 Å². The quantitative estimate of drug-likeness (QED) is 0.576. The number of benzene rings is 2. The Morgan fingerprint density at radius 3 is 2.81 bits per heavy atom. The number of anilines is 1. The third-order valence-electron chi connectivity index (χ3n) is 5.31. The molecule has 2 aromatic carbocycles. The van der Waals surface area contributed by atoms with Crippen LogP contribution in [0.2, 0.25) is 5.02 Å². The second-order valence-electron chi connectivity index (χ2n) is 7.49. The van der Waals surface area contributed by atoms with E-state index in [1.807, 2.05) is 55.5 Å². The standard InChI is InChI=1S/C23H25ClN4O3/c1-2-30-20-9-4-3-8-19(20)25-23(29)16-10-12-28(13-11-16)15-21-26-22(27-31-21)17-6-5-7-18(24)14-17/h3-9,14,16H,2,10-13,15H2,1H3,(H,25,29). The number of aromatic nitrogens is 2. The summed E-state index contributed by atoms with van der Waals surface area (Å²) in [4.78, 5) is 19.5. The van der Waals surface area contributed by atoms with Crippen molar-refractivity contribution in [2.24, 2.45) is 5.92 Å². The topological polar surface area (TPSA) is 80.5 Å². The summed E-state index contributed by atoms with van der Waals surface area (Å²) in [7, 11) is 0. The Balaban J connectivity index is 1.30. The molecule has 1 saturated heterocycles. The maximum atomic E-state index is 12.7. The van der Waals surface area contributed by atoms with Gasteiger partial charge in [0.1, 0.15) is 5.75 Å². The zero-order valence-corrected chi connectivity index (χ0v) is 18.1. The minimum absolute atomic E-state index is 0.0318. The highest BCUT2D eigenvalue weighted by Crippen LogP contribution is 2.27. The second kappa shape index (κ2) is 9.94. The van der Waals surface area contributed by atoms with E-state index in [2.05, 4.69) is 20.4 Å². The first kappa shape index (κ1) is 21.3. The third kappa shape index (κ3) is 5.42. The maximum Gasteiger partial charge on any atom is 0.241 e. The van der Waals surface area contributed by atoms with Crippen LogP contribution in [0, 0.1) is 5.92 Å². The molecule has 1 aromatic heterocycles. The smallest absolute Gasteiger partial charge is 0.241 e. The number of ether oxygens (including phenoxy) is 1. The Bertz CT molecular complexity index is 1030. The molecule has 0 saturated carbocycles. The third-order valence-corrected chi connectivity index (χ3v) is 5.55. The number of hydrogen-bond donors (Lipinski definition) is 1. The molecule has 8 heteroatoms. The Hall–Kier alpha value is -2.90. The van der Waals surface area contributed by atoms with Gasteiger partial charge in [-0.1, -0.05) is 41.0 Å². The number of amides is 1. The van der Waals surface area contributed by atoms with Crippen LogP contribution in [0.3, 0.4) is 0 Å². The first-order chi connectivity index (χ1) is 15.1. The fourth-order valence-corrected chi connectivity index (χ4v) is 3.88. The monoisotopic (exact) mass is 440 g/mol. The van der Waals surface area contributed by atoms with Gasteiger partial charge in [0.2, 0.25) is 17.6 Å². The first-order valence-corrected chi connectivity index (χ1v) is 10.8. The Morgan fingerprint density at radius 2 is 2.03 bits per heavy atom. The number of hydrogen-bond acceptors (Lipinski definition) is 6. The molecule has 0 aliphatic carbocycles. The molecule has 0 bridgehead atoms. The summed E-state index contributed by atoms with van der Waals surface area (Å²) in [6.45, 7) is 4.63. The number of halogens is 1. The molecule has 1 fully saturated rings. The number of carbonyl (C=O) groups excluding carboxylic acids is 1. The van der Waals surface area contributed by atoms with E-state index in [-0.39, 0.29) is 11.8 Å². The number of para-hydroxylation sites is 2. The molecule has 7 nitrogen and oxygen atoms in total. The van der Waals surface area contributed by atoms with Gasteiger partial charge in [0.25, 0.3) is 0 Å². The van der Waals surface area contributed by atoms with Crippen LogP contribution in [-0.4, -0.2) is 40.6 Å². The normalized spacial score (nSPS) is 15.0. The summed E-state index contributed by atoms with van der Waals surface area (Å²) in [6.07, 6.45) is 1.55. The van der Waals surface area contributed by atoms with Crippen molar-refractivity contribution >= 4 is 23.2 Å². The van der Waals surface area contributed by atoms with E-state index < -0.39 is 0 Å². The van der Waals surface area contributed by atoms with Crippen molar-refractivity contribution in [3.8, 4) is 17.1 Å². The van der Waals surface area contributed by atoms with Crippen molar-refractivity contribution in [1.82, 2.24) is 15.0 Å². The summed E-state index contributed by atoms with van der Waals surface area (Å²) in [5.74, 6) is 1.79. The van der Waals surface area contributed by atoms with Crippen LogP contribution in [-0.2, 0) is 11.3 Å².